The predicted molar refractivity (Wildman–Crippen MR) is 110 cm³/mol. The molecule has 2 aliphatic rings. The van der Waals surface area contributed by atoms with Gasteiger partial charge in [-0.05, 0) is 70.1 Å². The van der Waals surface area contributed by atoms with Gasteiger partial charge in [-0.25, -0.2) is 4.79 Å². The molecule has 0 aromatic heterocycles. The number of piperidine rings is 1. The van der Waals surface area contributed by atoms with Gasteiger partial charge < -0.3 is 24.6 Å². The van der Waals surface area contributed by atoms with Gasteiger partial charge in [0.15, 0.2) is 5.05 Å². The van der Waals surface area contributed by atoms with Gasteiger partial charge in [-0.1, -0.05) is 0 Å². The molecule has 7 nitrogen and oxygen atoms in total. The summed E-state index contributed by atoms with van der Waals surface area (Å²) in [6.07, 6.45) is 0.775. The number of methoxy groups -OCH3 is 1. The first-order chi connectivity index (χ1) is 13.2. The summed E-state index contributed by atoms with van der Waals surface area (Å²) >= 11 is 5.16. The number of amides is 2. The molecule has 0 bridgehead atoms. The molecule has 0 saturated carbocycles. The van der Waals surface area contributed by atoms with E-state index >= 15 is 0 Å². The van der Waals surface area contributed by atoms with Crippen LogP contribution in [0.5, 0.6) is 0 Å². The molecule has 2 heterocycles. The number of thiocarbonyl (C=S) groups is 1. The molecular formula is C20H27N3O4S. The van der Waals surface area contributed by atoms with Gasteiger partial charge in [0, 0.05) is 24.3 Å². The van der Waals surface area contributed by atoms with Crippen molar-refractivity contribution in [1.82, 2.24) is 10.2 Å². The van der Waals surface area contributed by atoms with Crippen LogP contribution < -0.4 is 10.2 Å². The lowest BCUT2D eigenvalue weighted by atomic mass is 9.85. The van der Waals surface area contributed by atoms with Crippen LogP contribution in [0.25, 0.3) is 0 Å². The van der Waals surface area contributed by atoms with Crippen molar-refractivity contribution in [3.8, 4) is 0 Å². The third-order valence-electron chi connectivity index (χ3n) is 5.18. The Labute approximate surface area is 171 Å². The molecule has 3 rings (SSSR count). The van der Waals surface area contributed by atoms with E-state index in [0.717, 1.165) is 11.3 Å². The molecule has 0 atom stereocenters. The number of rotatable bonds is 2. The van der Waals surface area contributed by atoms with Gasteiger partial charge in [0.2, 0.25) is 5.91 Å². The van der Waals surface area contributed by atoms with Crippen molar-refractivity contribution in [2.24, 2.45) is 0 Å². The fourth-order valence-electron chi connectivity index (χ4n) is 3.71. The van der Waals surface area contributed by atoms with Crippen LogP contribution in [0.1, 0.15) is 39.2 Å². The highest BCUT2D eigenvalue weighted by Crippen LogP contribution is 2.36. The fourth-order valence-corrected chi connectivity index (χ4v) is 3.84. The number of nitrogens with zero attached hydrogens (tertiary/aromatic N) is 2. The van der Waals surface area contributed by atoms with Crippen molar-refractivity contribution in [2.45, 2.75) is 44.8 Å². The fraction of sp³-hybridized carbons (Fsp3) is 0.550. The van der Waals surface area contributed by atoms with Crippen molar-refractivity contribution >= 4 is 35.0 Å². The van der Waals surface area contributed by atoms with Gasteiger partial charge in [-0.2, -0.15) is 0 Å². The third-order valence-corrected chi connectivity index (χ3v) is 5.58. The summed E-state index contributed by atoms with van der Waals surface area (Å²) < 4.78 is 10.6. The van der Waals surface area contributed by atoms with E-state index in [2.05, 4.69) is 10.2 Å². The summed E-state index contributed by atoms with van der Waals surface area (Å²) in [6, 6.07) is 7.69. The number of hydrogen-bond acceptors (Lipinski definition) is 6. The summed E-state index contributed by atoms with van der Waals surface area (Å²) in [5.74, 6) is 0.00725. The standard InChI is InChI=1S/C20H27N3O4S/c1-19(2,3)27-18(25)22-11-9-20(10-12-22)17(24)21-13-23(20)15-7-5-14(6-8-15)16(28)26-4/h5-8H,9-13H2,1-4H3,(H,21,24). The highest BCUT2D eigenvalue weighted by atomic mass is 32.1. The molecule has 2 aliphatic heterocycles. The maximum Gasteiger partial charge on any atom is 0.410 e. The Hall–Kier alpha value is -2.35. The molecule has 2 saturated heterocycles. The Morgan fingerprint density at radius 1 is 1.18 bits per heavy atom. The molecule has 1 aromatic rings. The van der Waals surface area contributed by atoms with E-state index < -0.39 is 11.1 Å². The number of nitrogens with one attached hydrogen (secondary N) is 1. The zero-order chi connectivity index (χ0) is 20.5. The normalized spacial score (nSPS) is 18.8. The number of likely N-dealkylation sites (tertiary alicyclic amines) is 1. The maximum absolute atomic E-state index is 12.7. The largest absolute Gasteiger partial charge is 0.486 e. The van der Waals surface area contributed by atoms with E-state index in [9.17, 15) is 9.59 Å². The second kappa shape index (κ2) is 7.58. The number of ether oxygens (including phenoxy) is 2. The SMILES string of the molecule is COC(=S)c1ccc(N2CNC(=O)C23CCN(C(=O)OC(C)(C)C)CC3)cc1. The molecule has 0 radical (unpaired) electrons. The molecule has 1 aromatic carbocycles. The summed E-state index contributed by atoms with van der Waals surface area (Å²) in [4.78, 5) is 28.8. The Bertz CT molecular complexity index is 765. The molecule has 1 N–H and O–H groups in total. The number of benzene rings is 1. The second-order valence-electron chi connectivity index (χ2n) is 8.13. The van der Waals surface area contributed by atoms with Crippen molar-refractivity contribution in [1.29, 1.82) is 0 Å². The van der Waals surface area contributed by atoms with Crippen LogP contribution >= 0.6 is 12.2 Å². The zero-order valence-electron chi connectivity index (χ0n) is 16.8. The minimum absolute atomic E-state index is 0.00725. The summed E-state index contributed by atoms with van der Waals surface area (Å²) in [6.45, 7) is 6.94. The monoisotopic (exact) mass is 405 g/mol. The van der Waals surface area contributed by atoms with Gasteiger partial charge in [-0.15, -0.1) is 0 Å². The highest BCUT2D eigenvalue weighted by molar-refractivity contribution is 7.80. The number of carbonyl (C=O) groups is 2. The van der Waals surface area contributed by atoms with E-state index in [4.69, 9.17) is 21.7 Å². The lowest BCUT2D eigenvalue weighted by Gasteiger charge is -2.43. The Balaban J connectivity index is 1.74. The van der Waals surface area contributed by atoms with Gasteiger partial charge >= 0.3 is 6.09 Å². The summed E-state index contributed by atoms with van der Waals surface area (Å²) in [7, 11) is 1.55. The van der Waals surface area contributed by atoms with Crippen molar-refractivity contribution in [3.05, 3.63) is 29.8 Å². The topological polar surface area (TPSA) is 71.1 Å². The molecule has 0 unspecified atom stereocenters. The van der Waals surface area contributed by atoms with Gasteiger partial charge in [0.05, 0.1) is 13.8 Å². The average molecular weight is 406 g/mol. The zero-order valence-corrected chi connectivity index (χ0v) is 17.6. The molecule has 2 fully saturated rings. The second-order valence-corrected chi connectivity index (χ2v) is 8.50. The van der Waals surface area contributed by atoms with Crippen LogP contribution in [0.3, 0.4) is 0 Å². The average Bonchev–Trinajstić information content (AvgIpc) is 2.96. The van der Waals surface area contributed by atoms with E-state index in [0.29, 0.717) is 37.7 Å². The maximum atomic E-state index is 12.7. The molecule has 152 valence electrons. The Morgan fingerprint density at radius 3 is 2.32 bits per heavy atom. The van der Waals surface area contributed by atoms with Gasteiger partial charge in [-0.3, -0.25) is 4.79 Å². The smallest absolute Gasteiger partial charge is 0.410 e. The molecule has 8 heteroatoms. The van der Waals surface area contributed by atoms with Crippen LogP contribution in [0.15, 0.2) is 24.3 Å². The molecule has 28 heavy (non-hydrogen) atoms. The number of carbonyl (C=O) groups excluding carboxylic acids is 2. The van der Waals surface area contributed by atoms with Crippen LogP contribution in [0, 0.1) is 0 Å². The van der Waals surface area contributed by atoms with Gasteiger partial charge in [0.25, 0.3) is 0 Å². The molecule has 0 aliphatic carbocycles. The molecule has 1 spiro atoms. The van der Waals surface area contributed by atoms with E-state index in [1.807, 2.05) is 45.0 Å². The Morgan fingerprint density at radius 2 is 1.79 bits per heavy atom. The van der Waals surface area contributed by atoms with Crippen molar-refractivity contribution in [2.75, 3.05) is 31.8 Å². The van der Waals surface area contributed by atoms with Crippen LogP contribution in [-0.4, -0.2) is 60.0 Å². The number of anilines is 1. The first kappa shape index (κ1) is 20.4. The lowest BCUT2D eigenvalue weighted by molar-refractivity contribution is -0.125. The predicted octanol–water partition coefficient (Wildman–Crippen LogP) is 2.67. The van der Waals surface area contributed by atoms with Crippen LogP contribution in [-0.2, 0) is 14.3 Å². The van der Waals surface area contributed by atoms with Crippen LogP contribution in [0.4, 0.5) is 10.5 Å². The minimum atomic E-state index is -0.651. The van der Waals surface area contributed by atoms with Crippen molar-refractivity contribution < 1.29 is 19.1 Å². The lowest BCUT2D eigenvalue weighted by Crippen LogP contribution is -2.57. The number of hydrogen-bond donors (Lipinski definition) is 1. The Kier molecular flexibility index (Phi) is 5.52. The van der Waals surface area contributed by atoms with Crippen molar-refractivity contribution in [3.63, 3.8) is 0 Å². The molecular weight excluding hydrogens is 378 g/mol. The molecule has 2 amide bonds. The first-order valence-electron chi connectivity index (χ1n) is 9.38. The summed E-state index contributed by atoms with van der Waals surface area (Å²) in [5, 5.41) is 3.39. The quantitative estimate of drug-likeness (QED) is 0.763. The van der Waals surface area contributed by atoms with E-state index in [1.54, 1.807) is 12.0 Å². The summed E-state index contributed by atoms with van der Waals surface area (Å²) in [5.41, 5.74) is 0.579. The third kappa shape index (κ3) is 3.92. The van der Waals surface area contributed by atoms with E-state index in [1.165, 1.54) is 0 Å². The minimum Gasteiger partial charge on any atom is -0.486 e. The van der Waals surface area contributed by atoms with Crippen LogP contribution in [0.2, 0.25) is 0 Å². The first-order valence-corrected chi connectivity index (χ1v) is 9.79. The highest BCUT2D eigenvalue weighted by Gasteiger charge is 2.51. The van der Waals surface area contributed by atoms with Gasteiger partial charge in [0.1, 0.15) is 11.1 Å². The van der Waals surface area contributed by atoms with E-state index in [-0.39, 0.29) is 12.0 Å².